The number of nitrogens with one attached hydrogen (secondary N) is 1. The van der Waals surface area contributed by atoms with Crippen LogP contribution in [-0.2, 0) is 11.3 Å². The molecule has 1 aromatic rings. The van der Waals surface area contributed by atoms with Gasteiger partial charge in [0.05, 0.1) is 19.8 Å². The van der Waals surface area contributed by atoms with Gasteiger partial charge >= 0.3 is 0 Å². The van der Waals surface area contributed by atoms with E-state index >= 15 is 0 Å². The highest BCUT2D eigenvalue weighted by molar-refractivity contribution is 5.14. The average Bonchev–Trinajstić information content (AvgIpc) is 2.72. The Kier molecular flexibility index (Phi) is 5.39. The second-order valence-electron chi connectivity index (χ2n) is 3.53. The van der Waals surface area contributed by atoms with Gasteiger partial charge in [0.25, 0.3) is 0 Å². The van der Waals surface area contributed by atoms with Crippen molar-refractivity contribution in [3.8, 4) is 0 Å². The Hall–Kier alpha value is -0.840. The topological polar surface area (TPSA) is 46.4 Å². The lowest BCUT2D eigenvalue weighted by Gasteiger charge is -2.07. The third-order valence-electron chi connectivity index (χ3n) is 2.44. The van der Waals surface area contributed by atoms with Gasteiger partial charge in [-0.2, -0.15) is 0 Å². The zero-order chi connectivity index (χ0) is 11.1. The second-order valence-corrected chi connectivity index (χ2v) is 3.53. The van der Waals surface area contributed by atoms with Crippen LogP contribution >= 0.6 is 0 Å². The van der Waals surface area contributed by atoms with E-state index in [1.54, 1.807) is 0 Å². The average molecular weight is 212 g/mol. The number of hydrogen-bond donors (Lipinski definition) is 2. The van der Waals surface area contributed by atoms with E-state index < -0.39 is 0 Å². The second kappa shape index (κ2) is 6.61. The highest BCUT2D eigenvalue weighted by Crippen LogP contribution is 2.11. The first kappa shape index (κ1) is 12.2. The van der Waals surface area contributed by atoms with Crippen molar-refractivity contribution >= 4 is 0 Å². The lowest BCUT2D eigenvalue weighted by molar-refractivity contribution is 0.0870. The van der Waals surface area contributed by atoms with Crippen molar-refractivity contribution in [3.05, 3.63) is 24.0 Å². The number of aromatic nitrogens is 1. The van der Waals surface area contributed by atoms with Crippen LogP contribution in [0.5, 0.6) is 0 Å². The lowest BCUT2D eigenvalue weighted by atomic mass is 10.2. The molecular formula is C11H20N2O2. The van der Waals surface area contributed by atoms with Crippen LogP contribution in [0.2, 0.25) is 0 Å². The van der Waals surface area contributed by atoms with Crippen LogP contribution in [-0.4, -0.2) is 36.5 Å². The molecule has 0 aliphatic carbocycles. The van der Waals surface area contributed by atoms with Crippen LogP contribution in [0.25, 0.3) is 0 Å². The maximum Gasteiger partial charge on any atom is 0.0698 e. The molecule has 15 heavy (non-hydrogen) atoms. The number of ether oxygens (including phenoxy) is 1. The lowest BCUT2D eigenvalue weighted by Crippen LogP contribution is -2.11. The molecule has 1 aromatic heterocycles. The summed E-state index contributed by atoms with van der Waals surface area (Å²) in [4.78, 5) is 0. The van der Waals surface area contributed by atoms with Crippen molar-refractivity contribution in [2.45, 2.75) is 19.5 Å². The summed E-state index contributed by atoms with van der Waals surface area (Å²) in [5.41, 5.74) is 1.28. The van der Waals surface area contributed by atoms with Crippen LogP contribution in [0, 0.1) is 0 Å². The molecule has 0 aliphatic rings. The fourth-order valence-corrected chi connectivity index (χ4v) is 1.36. The molecule has 4 nitrogen and oxygen atoms in total. The Morgan fingerprint density at radius 2 is 2.33 bits per heavy atom. The molecule has 1 atom stereocenters. The zero-order valence-electron chi connectivity index (χ0n) is 9.44. The molecule has 1 heterocycles. The van der Waals surface area contributed by atoms with E-state index in [0.717, 1.165) is 6.54 Å². The van der Waals surface area contributed by atoms with Crippen LogP contribution in [0.15, 0.2) is 18.5 Å². The Morgan fingerprint density at radius 3 is 3.00 bits per heavy atom. The minimum Gasteiger partial charge on any atom is -0.394 e. The first-order valence-electron chi connectivity index (χ1n) is 5.29. The van der Waals surface area contributed by atoms with Gasteiger partial charge in [0.1, 0.15) is 0 Å². The normalized spacial score (nSPS) is 13.0. The quantitative estimate of drug-likeness (QED) is 0.656. The molecule has 1 rings (SSSR count). The fourth-order valence-electron chi connectivity index (χ4n) is 1.36. The number of nitrogens with zero attached hydrogens (tertiary/aromatic N) is 1. The monoisotopic (exact) mass is 212 g/mol. The molecule has 0 amide bonds. The van der Waals surface area contributed by atoms with Gasteiger partial charge in [-0.15, -0.1) is 0 Å². The number of hydrogen-bond acceptors (Lipinski definition) is 3. The van der Waals surface area contributed by atoms with Gasteiger partial charge in [-0.05, 0) is 25.6 Å². The minimum absolute atomic E-state index is 0.0910. The van der Waals surface area contributed by atoms with Crippen molar-refractivity contribution in [1.82, 2.24) is 9.88 Å². The van der Waals surface area contributed by atoms with Gasteiger partial charge in [-0.1, -0.05) is 0 Å². The Labute approximate surface area is 90.9 Å². The Morgan fingerprint density at radius 1 is 1.53 bits per heavy atom. The van der Waals surface area contributed by atoms with Gasteiger partial charge in [0, 0.05) is 25.0 Å². The fraction of sp³-hybridized carbons (Fsp3) is 0.636. The molecule has 0 spiro atoms. The van der Waals surface area contributed by atoms with Crippen molar-refractivity contribution in [2.24, 2.45) is 0 Å². The van der Waals surface area contributed by atoms with Crippen LogP contribution in [0.4, 0.5) is 0 Å². The van der Waals surface area contributed by atoms with Crippen LogP contribution in [0.3, 0.4) is 0 Å². The third kappa shape index (κ3) is 4.03. The standard InChI is InChI=1S/C11H20N2O2/c1-10(12-2)11-3-4-13(9-11)5-7-15-8-6-14/h3-4,9-10,12,14H,5-8H2,1-2H3. The molecule has 0 fully saturated rings. The number of aliphatic hydroxyl groups excluding tert-OH is 1. The van der Waals surface area contributed by atoms with E-state index in [1.165, 1.54) is 5.56 Å². The first-order chi connectivity index (χ1) is 7.27. The third-order valence-corrected chi connectivity index (χ3v) is 2.44. The predicted octanol–water partition coefficient (Wildman–Crippen LogP) is 0.777. The predicted molar refractivity (Wildman–Crippen MR) is 59.8 cm³/mol. The van der Waals surface area contributed by atoms with Gasteiger partial charge in [-0.25, -0.2) is 0 Å². The largest absolute Gasteiger partial charge is 0.394 e. The summed E-state index contributed by atoms with van der Waals surface area (Å²) in [7, 11) is 1.95. The van der Waals surface area contributed by atoms with Crippen molar-refractivity contribution in [3.63, 3.8) is 0 Å². The maximum atomic E-state index is 8.53. The molecule has 1 unspecified atom stereocenters. The molecule has 0 bridgehead atoms. The SMILES string of the molecule is CNC(C)c1ccn(CCOCCO)c1. The van der Waals surface area contributed by atoms with Crippen molar-refractivity contribution in [1.29, 1.82) is 0 Å². The molecule has 86 valence electrons. The van der Waals surface area contributed by atoms with E-state index in [9.17, 15) is 0 Å². The summed E-state index contributed by atoms with van der Waals surface area (Å²) < 4.78 is 7.29. The Balaban J connectivity index is 2.33. The summed E-state index contributed by atoms with van der Waals surface area (Å²) in [6.45, 7) is 4.11. The van der Waals surface area contributed by atoms with E-state index in [4.69, 9.17) is 9.84 Å². The van der Waals surface area contributed by atoms with Gasteiger partial charge < -0.3 is 19.7 Å². The summed E-state index contributed by atoms with van der Waals surface area (Å²) >= 11 is 0. The van der Waals surface area contributed by atoms with Crippen LogP contribution < -0.4 is 5.32 Å². The summed E-state index contributed by atoms with van der Waals surface area (Å²) in [5, 5.41) is 11.7. The molecule has 0 aromatic carbocycles. The highest BCUT2D eigenvalue weighted by atomic mass is 16.5. The Bertz CT molecular complexity index is 273. The molecule has 4 heteroatoms. The number of rotatable bonds is 7. The number of aliphatic hydroxyl groups is 1. The zero-order valence-corrected chi connectivity index (χ0v) is 9.44. The van der Waals surface area contributed by atoms with E-state index in [0.29, 0.717) is 19.3 Å². The molecular weight excluding hydrogens is 192 g/mol. The van der Waals surface area contributed by atoms with Gasteiger partial charge in [0.15, 0.2) is 0 Å². The summed E-state index contributed by atoms with van der Waals surface area (Å²) in [6.07, 6.45) is 4.16. The minimum atomic E-state index is 0.0910. The van der Waals surface area contributed by atoms with Gasteiger partial charge in [-0.3, -0.25) is 0 Å². The van der Waals surface area contributed by atoms with Gasteiger partial charge in [0.2, 0.25) is 0 Å². The maximum absolute atomic E-state index is 8.53. The van der Waals surface area contributed by atoms with E-state index in [2.05, 4.69) is 29.1 Å². The molecule has 0 radical (unpaired) electrons. The molecule has 0 saturated carbocycles. The molecule has 2 N–H and O–H groups in total. The van der Waals surface area contributed by atoms with Crippen molar-refractivity contribution < 1.29 is 9.84 Å². The first-order valence-corrected chi connectivity index (χ1v) is 5.29. The summed E-state index contributed by atoms with van der Waals surface area (Å²) in [6, 6.07) is 2.48. The van der Waals surface area contributed by atoms with E-state index in [-0.39, 0.29) is 6.61 Å². The van der Waals surface area contributed by atoms with E-state index in [1.807, 2.05) is 13.2 Å². The smallest absolute Gasteiger partial charge is 0.0698 e. The molecule has 0 aliphatic heterocycles. The highest BCUT2D eigenvalue weighted by Gasteiger charge is 2.03. The summed E-state index contributed by atoms with van der Waals surface area (Å²) in [5.74, 6) is 0. The van der Waals surface area contributed by atoms with Crippen molar-refractivity contribution in [2.75, 3.05) is 26.9 Å². The molecule has 0 saturated heterocycles. The van der Waals surface area contributed by atoms with Crippen LogP contribution in [0.1, 0.15) is 18.5 Å².